The molecule has 1 aromatic rings. The van der Waals surface area contributed by atoms with Crippen LogP contribution in [0.2, 0.25) is 5.02 Å². The summed E-state index contributed by atoms with van der Waals surface area (Å²) in [7, 11) is 0. The number of piperazine rings is 1. The number of rotatable bonds is 3. The van der Waals surface area contributed by atoms with Crippen molar-refractivity contribution in [2.45, 2.75) is 0 Å². The van der Waals surface area contributed by atoms with E-state index in [2.05, 4.69) is 30.7 Å². The molecule has 1 aromatic heterocycles. The van der Waals surface area contributed by atoms with Crippen molar-refractivity contribution in [3.05, 3.63) is 21.8 Å². The van der Waals surface area contributed by atoms with E-state index in [1.807, 2.05) is 6.07 Å². The van der Waals surface area contributed by atoms with Crippen molar-refractivity contribution >= 4 is 33.3 Å². The van der Waals surface area contributed by atoms with Crippen LogP contribution in [0.5, 0.6) is 0 Å². The van der Waals surface area contributed by atoms with Crippen LogP contribution in [0.25, 0.3) is 0 Å². The Bertz CT molecular complexity index is 380. The van der Waals surface area contributed by atoms with Gasteiger partial charge >= 0.3 is 0 Å². The minimum absolute atomic E-state index is 0.701. The quantitative estimate of drug-likeness (QED) is 0.919. The molecule has 2 N–H and O–H groups in total. The van der Waals surface area contributed by atoms with E-state index in [1.54, 1.807) is 6.20 Å². The zero-order valence-electron chi connectivity index (χ0n) is 9.57. The predicted octanol–water partition coefficient (Wildman–Crippen LogP) is 1.58. The zero-order chi connectivity index (χ0) is 12.3. The van der Waals surface area contributed by atoms with E-state index in [-0.39, 0.29) is 0 Å². The molecule has 0 bridgehead atoms. The van der Waals surface area contributed by atoms with Gasteiger partial charge in [-0.3, -0.25) is 4.90 Å². The first kappa shape index (κ1) is 13.1. The Morgan fingerprint density at radius 1 is 1.35 bits per heavy atom. The molecule has 2 heterocycles. The highest BCUT2D eigenvalue weighted by atomic mass is 79.9. The molecule has 17 heavy (non-hydrogen) atoms. The Kier molecular flexibility index (Phi) is 4.62. The molecule has 0 amide bonds. The van der Waals surface area contributed by atoms with Gasteiger partial charge in [0.1, 0.15) is 5.82 Å². The van der Waals surface area contributed by atoms with Crippen LogP contribution >= 0.6 is 27.5 Å². The number of nitrogens with zero attached hydrogens (tertiary/aromatic N) is 3. The first-order valence-electron chi connectivity index (χ1n) is 5.69. The monoisotopic (exact) mass is 318 g/mol. The van der Waals surface area contributed by atoms with E-state index < -0.39 is 0 Å². The number of hydrogen-bond donors (Lipinski definition) is 1. The Balaban J connectivity index is 2.00. The van der Waals surface area contributed by atoms with E-state index in [1.165, 1.54) is 0 Å². The molecule has 0 radical (unpaired) electrons. The SMILES string of the molecule is NCCN1CCN(c2ncc(Br)cc2Cl)CC1. The summed E-state index contributed by atoms with van der Waals surface area (Å²) in [4.78, 5) is 8.96. The molecule has 0 saturated carbocycles. The summed E-state index contributed by atoms with van der Waals surface area (Å²) in [5, 5.41) is 0.701. The van der Waals surface area contributed by atoms with Crippen LogP contribution in [0.1, 0.15) is 0 Å². The molecule has 0 spiro atoms. The minimum atomic E-state index is 0.701. The van der Waals surface area contributed by atoms with Gasteiger partial charge in [-0.15, -0.1) is 0 Å². The molecular weight excluding hydrogens is 304 g/mol. The summed E-state index contributed by atoms with van der Waals surface area (Å²) < 4.78 is 0.910. The van der Waals surface area contributed by atoms with E-state index in [4.69, 9.17) is 17.3 Å². The summed E-state index contributed by atoms with van der Waals surface area (Å²) in [5.74, 6) is 0.877. The van der Waals surface area contributed by atoms with Gasteiger partial charge < -0.3 is 10.6 Å². The van der Waals surface area contributed by atoms with Crippen molar-refractivity contribution in [2.24, 2.45) is 5.73 Å². The molecule has 0 unspecified atom stereocenters. The summed E-state index contributed by atoms with van der Waals surface area (Å²) in [6, 6.07) is 1.89. The number of aromatic nitrogens is 1. The molecule has 0 aromatic carbocycles. The van der Waals surface area contributed by atoms with Gasteiger partial charge in [0.05, 0.1) is 5.02 Å². The molecular formula is C11H16BrClN4. The third kappa shape index (κ3) is 3.31. The van der Waals surface area contributed by atoms with E-state index in [0.717, 1.165) is 49.6 Å². The number of nitrogens with two attached hydrogens (primary N) is 1. The summed E-state index contributed by atoms with van der Waals surface area (Å²) in [5.41, 5.74) is 5.55. The van der Waals surface area contributed by atoms with Crippen molar-refractivity contribution in [1.82, 2.24) is 9.88 Å². The third-order valence-electron chi connectivity index (χ3n) is 2.91. The van der Waals surface area contributed by atoms with Gasteiger partial charge in [-0.1, -0.05) is 11.6 Å². The Labute approximate surface area is 115 Å². The van der Waals surface area contributed by atoms with Crippen LogP contribution < -0.4 is 10.6 Å². The van der Waals surface area contributed by atoms with Crippen LogP contribution in [0.3, 0.4) is 0 Å². The number of hydrogen-bond acceptors (Lipinski definition) is 4. The summed E-state index contributed by atoms with van der Waals surface area (Å²) in [6.45, 7) is 5.63. The van der Waals surface area contributed by atoms with Gasteiger partial charge in [0.2, 0.25) is 0 Å². The zero-order valence-corrected chi connectivity index (χ0v) is 11.9. The maximum absolute atomic E-state index is 6.19. The van der Waals surface area contributed by atoms with Gasteiger partial charge in [0.25, 0.3) is 0 Å². The molecule has 0 aliphatic carbocycles. The van der Waals surface area contributed by atoms with Crippen molar-refractivity contribution in [3.8, 4) is 0 Å². The second-order valence-corrected chi connectivity index (χ2v) is 5.40. The van der Waals surface area contributed by atoms with Gasteiger partial charge in [0.15, 0.2) is 0 Å². The topological polar surface area (TPSA) is 45.4 Å². The van der Waals surface area contributed by atoms with Crippen molar-refractivity contribution in [3.63, 3.8) is 0 Å². The average Bonchev–Trinajstić information content (AvgIpc) is 2.31. The maximum Gasteiger partial charge on any atom is 0.147 e. The lowest BCUT2D eigenvalue weighted by Gasteiger charge is -2.35. The molecule has 1 aliphatic rings. The average molecular weight is 320 g/mol. The fourth-order valence-electron chi connectivity index (χ4n) is 2.01. The highest BCUT2D eigenvalue weighted by Crippen LogP contribution is 2.26. The van der Waals surface area contributed by atoms with Crippen molar-refractivity contribution in [1.29, 1.82) is 0 Å². The second kappa shape index (κ2) is 6.00. The lowest BCUT2D eigenvalue weighted by Crippen LogP contribution is -2.48. The van der Waals surface area contributed by atoms with Gasteiger partial charge in [-0.2, -0.15) is 0 Å². The van der Waals surface area contributed by atoms with Gasteiger partial charge in [0, 0.05) is 49.9 Å². The van der Waals surface area contributed by atoms with Crippen LogP contribution in [-0.4, -0.2) is 49.2 Å². The van der Waals surface area contributed by atoms with Crippen LogP contribution in [0.4, 0.5) is 5.82 Å². The normalized spacial score (nSPS) is 17.5. The van der Waals surface area contributed by atoms with E-state index in [9.17, 15) is 0 Å². The van der Waals surface area contributed by atoms with Gasteiger partial charge in [-0.05, 0) is 22.0 Å². The summed E-state index contributed by atoms with van der Waals surface area (Å²) >= 11 is 9.56. The first-order chi connectivity index (χ1) is 8.20. The highest BCUT2D eigenvalue weighted by molar-refractivity contribution is 9.10. The molecule has 1 fully saturated rings. The molecule has 1 aliphatic heterocycles. The highest BCUT2D eigenvalue weighted by Gasteiger charge is 2.19. The lowest BCUT2D eigenvalue weighted by atomic mass is 10.3. The fraction of sp³-hybridized carbons (Fsp3) is 0.545. The predicted molar refractivity (Wildman–Crippen MR) is 74.7 cm³/mol. The Morgan fingerprint density at radius 2 is 2.06 bits per heavy atom. The van der Waals surface area contributed by atoms with Crippen molar-refractivity contribution < 1.29 is 0 Å². The number of halogens is 2. The lowest BCUT2D eigenvalue weighted by molar-refractivity contribution is 0.264. The number of pyridine rings is 1. The number of anilines is 1. The Morgan fingerprint density at radius 3 is 2.65 bits per heavy atom. The second-order valence-electron chi connectivity index (χ2n) is 4.08. The molecule has 4 nitrogen and oxygen atoms in total. The molecule has 2 rings (SSSR count). The largest absolute Gasteiger partial charge is 0.353 e. The Hall–Kier alpha value is -0.360. The first-order valence-corrected chi connectivity index (χ1v) is 6.86. The van der Waals surface area contributed by atoms with Crippen LogP contribution in [-0.2, 0) is 0 Å². The third-order valence-corrected chi connectivity index (χ3v) is 3.62. The summed E-state index contributed by atoms with van der Waals surface area (Å²) in [6.07, 6.45) is 1.79. The maximum atomic E-state index is 6.19. The van der Waals surface area contributed by atoms with Crippen molar-refractivity contribution in [2.75, 3.05) is 44.2 Å². The standard InChI is InChI=1S/C11H16BrClN4/c12-9-7-10(13)11(15-8-9)17-5-3-16(2-1-14)4-6-17/h7-8H,1-6,14H2. The van der Waals surface area contributed by atoms with Crippen LogP contribution in [0, 0.1) is 0 Å². The van der Waals surface area contributed by atoms with Gasteiger partial charge in [-0.25, -0.2) is 4.98 Å². The van der Waals surface area contributed by atoms with E-state index in [0.29, 0.717) is 5.02 Å². The molecule has 0 atom stereocenters. The fourth-order valence-corrected chi connectivity index (χ4v) is 2.75. The van der Waals surface area contributed by atoms with E-state index >= 15 is 0 Å². The van der Waals surface area contributed by atoms with Crippen LogP contribution in [0.15, 0.2) is 16.7 Å². The minimum Gasteiger partial charge on any atom is -0.353 e. The molecule has 6 heteroatoms. The smallest absolute Gasteiger partial charge is 0.147 e. The molecule has 94 valence electrons. The molecule has 1 saturated heterocycles.